The van der Waals surface area contributed by atoms with Gasteiger partial charge in [0.25, 0.3) is 0 Å². The molecule has 1 aliphatic heterocycles. The quantitative estimate of drug-likeness (QED) is 0.815. The van der Waals surface area contributed by atoms with E-state index in [9.17, 15) is 9.59 Å². The van der Waals surface area contributed by atoms with Crippen LogP contribution in [0, 0.1) is 5.92 Å². The molecule has 0 aromatic heterocycles. The molecule has 0 aliphatic carbocycles. The minimum Gasteiger partial charge on any atom is -0.458 e. The van der Waals surface area contributed by atoms with Gasteiger partial charge in [0, 0.05) is 13.1 Å². The van der Waals surface area contributed by atoms with E-state index >= 15 is 0 Å². The van der Waals surface area contributed by atoms with Crippen LogP contribution in [0.15, 0.2) is 0 Å². The summed E-state index contributed by atoms with van der Waals surface area (Å²) in [4.78, 5) is 26.4. The highest BCUT2D eigenvalue weighted by Gasteiger charge is 2.30. The van der Waals surface area contributed by atoms with E-state index in [-0.39, 0.29) is 17.9 Å². The van der Waals surface area contributed by atoms with E-state index in [1.165, 1.54) is 12.8 Å². The first-order chi connectivity index (χ1) is 9.70. The molecule has 1 N–H and O–H groups in total. The van der Waals surface area contributed by atoms with Crippen molar-refractivity contribution in [1.29, 1.82) is 0 Å². The monoisotopic (exact) mass is 298 g/mol. The first kappa shape index (κ1) is 17.8. The molecule has 0 spiro atoms. The van der Waals surface area contributed by atoms with Crippen molar-refractivity contribution in [2.75, 3.05) is 13.1 Å². The van der Waals surface area contributed by atoms with Crippen LogP contribution in [-0.2, 0) is 9.53 Å². The van der Waals surface area contributed by atoms with E-state index in [2.05, 4.69) is 5.32 Å². The van der Waals surface area contributed by atoms with Gasteiger partial charge in [-0.2, -0.15) is 0 Å². The number of hydrogen-bond donors (Lipinski definition) is 1. The van der Waals surface area contributed by atoms with Crippen molar-refractivity contribution in [3.8, 4) is 0 Å². The standard InChI is InChI=1S/C16H30N2O3/c1-12(2)13(14(19)21-16(3,4)5)17-15(20)18-10-8-6-7-9-11-18/h12-13H,6-11H2,1-5H3,(H,17,20)/t13-/m1/s1. The first-order valence-electron chi connectivity index (χ1n) is 7.99. The number of rotatable bonds is 3. The summed E-state index contributed by atoms with van der Waals surface area (Å²) in [7, 11) is 0. The van der Waals surface area contributed by atoms with Crippen LogP contribution >= 0.6 is 0 Å². The Hall–Kier alpha value is -1.26. The number of esters is 1. The van der Waals surface area contributed by atoms with Crippen molar-refractivity contribution in [1.82, 2.24) is 10.2 Å². The van der Waals surface area contributed by atoms with Crippen LogP contribution in [0.25, 0.3) is 0 Å². The van der Waals surface area contributed by atoms with E-state index in [0.717, 1.165) is 25.9 Å². The highest BCUT2D eigenvalue weighted by Crippen LogP contribution is 2.14. The second-order valence-electron chi connectivity index (χ2n) is 7.11. The summed E-state index contributed by atoms with van der Waals surface area (Å²) in [6.45, 7) is 10.9. The van der Waals surface area contributed by atoms with Crippen molar-refractivity contribution in [2.24, 2.45) is 5.92 Å². The van der Waals surface area contributed by atoms with E-state index in [4.69, 9.17) is 4.74 Å². The van der Waals surface area contributed by atoms with Gasteiger partial charge in [-0.25, -0.2) is 9.59 Å². The fraction of sp³-hybridized carbons (Fsp3) is 0.875. The number of nitrogens with zero attached hydrogens (tertiary/aromatic N) is 1. The van der Waals surface area contributed by atoms with Gasteiger partial charge < -0.3 is 15.0 Å². The Labute approximate surface area is 128 Å². The third-order valence-electron chi connectivity index (χ3n) is 3.50. The molecule has 1 heterocycles. The molecule has 0 saturated carbocycles. The summed E-state index contributed by atoms with van der Waals surface area (Å²) >= 11 is 0. The number of ether oxygens (including phenoxy) is 1. The lowest BCUT2D eigenvalue weighted by molar-refractivity contribution is -0.158. The molecular formula is C16H30N2O3. The summed E-state index contributed by atoms with van der Waals surface area (Å²) in [6.07, 6.45) is 4.41. The molecular weight excluding hydrogens is 268 g/mol. The number of amides is 2. The van der Waals surface area contributed by atoms with Gasteiger partial charge in [0.2, 0.25) is 0 Å². The van der Waals surface area contributed by atoms with Crippen molar-refractivity contribution in [3.05, 3.63) is 0 Å². The van der Waals surface area contributed by atoms with Crippen LogP contribution in [-0.4, -0.2) is 41.6 Å². The average molecular weight is 298 g/mol. The minimum atomic E-state index is -0.597. The van der Waals surface area contributed by atoms with E-state index < -0.39 is 11.6 Å². The predicted octanol–water partition coefficient (Wildman–Crippen LogP) is 2.94. The number of likely N-dealkylation sites (tertiary alicyclic amines) is 1. The van der Waals surface area contributed by atoms with Crippen molar-refractivity contribution >= 4 is 12.0 Å². The molecule has 0 aromatic rings. The number of urea groups is 1. The van der Waals surface area contributed by atoms with Gasteiger partial charge in [0.15, 0.2) is 0 Å². The SMILES string of the molecule is CC(C)[C@@H](NC(=O)N1CCCCCC1)C(=O)OC(C)(C)C. The molecule has 21 heavy (non-hydrogen) atoms. The van der Waals surface area contributed by atoms with Gasteiger partial charge in [0.05, 0.1) is 0 Å². The molecule has 2 amide bonds. The van der Waals surface area contributed by atoms with Gasteiger partial charge in [-0.1, -0.05) is 26.7 Å². The number of carbonyl (C=O) groups excluding carboxylic acids is 2. The lowest BCUT2D eigenvalue weighted by atomic mass is 10.0. The van der Waals surface area contributed by atoms with Crippen molar-refractivity contribution < 1.29 is 14.3 Å². The third kappa shape index (κ3) is 6.36. The van der Waals surface area contributed by atoms with Crippen LogP contribution in [0.1, 0.15) is 60.3 Å². The fourth-order valence-corrected chi connectivity index (χ4v) is 2.36. The third-order valence-corrected chi connectivity index (χ3v) is 3.50. The molecule has 1 saturated heterocycles. The molecule has 0 aromatic carbocycles. The van der Waals surface area contributed by atoms with Gasteiger partial charge in [0.1, 0.15) is 11.6 Å². The van der Waals surface area contributed by atoms with Crippen molar-refractivity contribution in [2.45, 2.75) is 71.9 Å². The minimum absolute atomic E-state index is 0.00391. The van der Waals surface area contributed by atoms with E-state index in [1.807, 2.05) is 39.5 Å². The Morgan fingerprint density at radius 2 is 1.57 bits per heavy atom. The molecule has 1 fully saturated rings. The zero-order chi connectivity index (χ0) is 16.0. The van der Waals surface area contributed by atoms with Crippen molar-refractivity contribution in [3.63, 3.8) is 0 Å². The zero-order valence-electron chi connectivity index (χ0n) is 14.1. The molecule has 5 nitrogen and oxygen atoms in total. The lowest BCUT2D eigenvalue weighted by Crippen LogP contribution is -2.51. The summed E-state index contributed by atoms with van der Waals surface area (Å²) in [5.41, 5.74) is -0.544. The molecule has 1 rings (SSSR count). The van der Waals surface area contributed by atoms with Crippen LogP contribution < -0.4 is 5.32 Å². The molecule has 122 valence electrons. The first-order valence-corrected chi connectivity index (χ1v) is 7.99. The molecule has 0 radical (unpaired) electrons. The van der Waals surface area contributed by atoms with Crippen LogP contribution in [0.4, 0.5) is 4.79 Å². The Morgan fingerprint density at radius 3 is 2.00 bits per heavy atom. The maximum absolute atomic E-state index is 12.3. The van der Waals surface area contributed by atoms with Crippen LogP contribution in [0.5, 0.6) is 0 Å². The summed E-state index contributed by atoms with van der Waals surface area (Å²) < 4.78 is 5.40. The smallest absolute Gasteiger partial charge is 0.329 e. The molecule has 1 atom stereocenters. The van der Waals surface area contributed by atoms with E-state index in [0.29, 0.717) is 0 Å². The predicted molar refractivity (Wildman–Crippen MR) is 83.0 cm³/mol. The summed E-state index contributed by atoms with van der Waals surface area (Å²) in [5.74, 6) is -0.364. The second-order valence-corrected chi connectivity index (χ2v) is 7.11. The summed E-state index contributed by atoms with van der Waals surface area (Å²) in [5, 5.41) is 2.85. The largest absolute Gasteiger partial charge is 0.458 e. The second kappa shape index (κ2) is 7.66. The Balaban J connectivity index is 2.64. The van der Waals surface area contributed by atoms with Crippen LogP contribution in [0.3, 0.4) is 0 Å². The Bertz CT molecular complexity index is 353. The highest BCUT2D eigenvalue weighted by molar-refractivity contribution is 5.84. The maximum atomic E-state index is 12.3. The Morgan fingerprint density at radius 1 is 1.05 bits per heavy atom. The zero-order valence-corrected chi connectivity index (χ0v) is 14.1. The van der Waals surface area contributed by atoms with Gasteiger partial charge >= 0.3 is 12.0 Å². The van der Waals surface area contributed by atoms with E-state index in [1.54, 1.807) is 0 Å². The summed E-state index contributed by atoms with van der Waals surface area (Å²) in [6, 6.07) is -0.749. The molecule has 5 heteroatoms. The number of hydrogen-bond acceptors (Lipinski definition) is 3. The number of nitrogens with one attached hydrogen (secondary N) is 1. The molecule has 0 bridgehead atoms. The van der Waals surface area contributed by atoms with Gasteiger partial charge in [-0.3, -0.25) is 0 Å². The van der Waals surface area contributed by atoms with Gasteiger partial charge in [-0.05, 0) is 39.5 Å². The normalized spacial score (nSPS) is 18.1. The topological polar surface area (TPSA) is 58.6 Å². The molecule has 1 aliphatic rings. The molecule has 0 unspecified atom stereocenters. The highest BCUT2D eigenvalue weighted by atomic mass is 16.6. The lowest BCUT2D eigenvalue weighted by Gasteiger charge is -2.29. The number of carbonyl (C=O) groups is 2. The maximum Gasteiger partial charge on any atom is 0.329 e. The van der Waals surface area contributed by atoms with Gasteiger partial charge in [-0.15, -0.1) is 0 Å². The fourth-order valence-electron chi connectivity index (χ4n) is 2.36. The Kier molecular flexibility index (Phi) is 6.49. The average Bonchev–Trinajstić information content (AvgIpc) is 2.61. The van der Waals surface area contributed by atoms with Crippen LogP contribution in [0.2, 0.25) is 0 Å².